The molecular weight excluding hydrogens is 246 g/mol. The zero-order valence-electron chi connectivity index (χ0n) is 10.1. The van der Waals surface area contributed by atoms with Crippen LogP contribution in [0.5, 0.6) is 0 Å². The van der Waals surface area contributed by atoms with E-state index in [1.54, 1.807) is 0 Å². The van der Waals surface area contributed by atoms with E-state index in [2.05, 4.69) is 15.0 Å². The average Bonchev–Trinajstić information content (AvgIpc) is 2.92. The molecule has 6 heteroatoms. The van der Waals surface area contributed by atoms with Gasteiger partial charge in [0.25, 0.3) is 0 Å². The van der Waals surface area contributed by atoms with Crippen LogP contribution in [-0.4, -0.2) is 29.0 Å². The lowest BCUT2D eigenvalue weighted by Gasteiger charge is -2.09. The molecule has 0 saturated carbocycles. The number of imidazole rings is 1. The first-order chi connectivity index (χ1) is 8.65. The molecule has 3 rings (SSSR count). The number of hydrogen-bond acceptors (Lipinski definition) is 5. The molecule has 5 nitrogen and oxygen atoms in total. The predicted molar refractivity (Wildman–Crippen MR) is 75.9 cm³/mol. The summed E-state index contributed by atoms with van der Waals surface area (Å²) in [4.78, 5) is 14.2. The standard InChI is InChI=1S/C12H13N5S/c1-17(2)9-4-3-8-12(15-9)16-11(14-8)7-5-6-18-10(7)13/h3-6H,13H2,1-2H3,(H,14,15,16). The second-order valence-corrected chi connectivity index (χ2v) is 5.17. The minimum atomic E-state index is 0.710. The lowest BCUT2D eigenvalue weighted by Crippen LogP contribution is -2.10. The molecule has 0 saturated heterocycles. The molecule has 0 fully saturated rings. The second-order valence-electron chi connectivity index (χ2n) is 4.22. The van der Waals surface area contributed by atoms with Crippen LogP contribution in [0.2, 0.25) is 0 Å². The van der Waals surface area contributed by atoms with Crippen molar-refractivity contribution in [2.45, 2.75) is 0 Å². The molecule has 0 aliphatic heterocycles. The first-order valence-corrected chi connectivity index (χ1v) is 6.40. The fourth-order valence-corrected chi connectivity index (χ4v) is 2.42. The summed E-state index contributed by atoms with van der Waals surface area (Å²) >= 11 is 1.51. The summed E-state index contributed by atoms with van der Waals surface area (Å²) in [6, 6.07) is 5.91. The van der Waals surface area contributed by atoms with Crippen LogP contribution in [-0.2, 0) is 0 Å². The summed E-state index contributed by atoms with van der Waals surface area (Å²) in [5.41, 5.74) is 8.46. The summed E-state index contributed by atoms with van der Waals surface area (Å²) in [5, 5.41) is 2.72. The van der Waals surface area contributed by atoms with Crippen molar-refractivity contribution in [3.05, 3.63) is 23.6 Å². The van der Waals surface area contributed by atoms with Crippen molar-refractivity contribution in [1.29, 1.82) is 0 Å². The van der Waals surface area contributed by atoms with Gasteiger partial charge in [-0.2, -0.15) is 0 Å². The van der Waals surface area contributed by atoms with E-state index in [-0.39, 0.29) is 0 Å². The minimum Gasteiger partial charge on any atom is -0.390 e. The number of aromatic nitrogens is 3. The Morgan fingerprint density at radius 3 is 2.72 bits per heavy atom. The van der Waals surface area contributed by atoms with Gasteiger partial charge in [-0.25, -0.2) is 9.97 Å². The molecule has 0 unspecified atom stereocenters. The zero-order chi connectivity index (χ0) is 12.7. The number of aromatic amines is 1. The first kappa shape index (κ1) is 11.0. The Bertz CT molecular complexity index is 697. The molecule has 0 aromatic carbocycles. The van der Waals surface area contributed by atoms with Crippen LogP contribution in [0.15, 0.2) is 23.6 Å². The number of nitrogen functional groups attached to an aromatic ring is 1. The number of fused-ring (bicyclic) bond motifs is 1. The van der Waals surface area contributed by atoms with E-state index in [1.165, 1.54) is 11.3 Å². The van der Waals surface area contributed by atoms with E-state index in [9.17, 15) is 0 Å². The number of pyridine rings is 1. The predicted octanol–water partition coefficient (Wildman–Crippen LogP) is 2.33. The van der Waals surface area contributed by atoms with Gasteiger partial charge in [0.05, 0.1) is 16.1 Å². The van der Waals surface area contributed by atoms with E-state index >= 15 is 0 Å². The Morgan fingerprint density at radius 2 is 2.06 bits per heavy atom. The molecule has 0 amide bonds. The quantitative estimate of drug-likeness (QED) is 0.741. The van der Waals surface area contributed by atoms with Crippen molar-refractivity contribution in [3.63, 3.8) is 0 Å². The van der Waals surface area contributed by atoms with Gasteiger partial charge in [-0.15, -0.1) is 11.3 Å². The van der Waals surface area contributed by atoms with Crippen molar-refractivity contribution >= 4 is 33.3 Å². The van der Waals surface area contributed by atoms with E-state index < -0.39 is 0 Å². The maximum absolute atomic E-state index is 5.90. The highest BCUT2D eigenvalue weighted by Gasteiger charge is 2.10. The molecule has 0 radical (unpaired) electrons. The van der Waals surface area contributed by atoms with Gasteiger partial charge in [-0.1, -0.05) is 0 Å². The molecule has 3 aromatic heterocycles. The topological polar surface area (TPSA) is 70.8 Å². The van der Waals surface area contributed by atoms with Crippen LogP contribution in [0.4, 0.5) is 10.8 Å². The van der Waals surface area contributed by atoms with Crippen LogP contribution >= 0.6 is 11.3 Å². The van der Waals surface area contributed by atoms with Crippen molar-refractivity contribution in [1.82, 2.24) is 15.0 Å². The zero-order valence-corrected chi connectivity index (χ0v) is 11.0. The molecule has 0 aliphatic rings. The smallest absolute Gasteiger partial charge is 0.180 e. The molecule has 0 bridgehead atoms. The third-order valence-electron chi connectivity index (χ3n) is 2.74. The van der Waals surface area contributed by atoms with Crippen LogP contribution in [0.3, 0.4) is 0 Å². The van der Waals surface area contributed by atoms with Gasteiger partial charge in [0.1, 0.15) is 11.6 Å². The molecule has 0 spiro atoms. The molecule has 18 heavy (non-hydrogen) atoms. The third kappa shape index (κ3) is 1.70. The first-order valence-electron chi connectivity index (χ1n) is 5.52. The minimum absolute atomic E-state index is 0.710. The molecule has 3 N–H and O–H groups in total. The summed E-state index contributed by atoms with van der Waals surface area (Å²) in [7, 11) is 3.91. The van der Waals surface area contributed by atoms with Crippen molar-refractivity contribution in [3.8, 4) is 11.4 Å². The monoisotopic (exact) mass is 259 g/mol. The Morgan fingerprint density at radius 1 is 1.22 bits per heavy atom. The lowest BCUT2D eigenvalue weighted by molar-refractivity contribution is 1.08. The summed E-state index contributed by atoms with van der Waals surface area (Å²) in [5.74, 6) is 1.66. The molecular formula is C12H13N5S. The van der Waals surface area contributed by atoms with Gasteiger partial charge >= 0.3 is 0 Å². The number of nitrogens with zero attached hydrogens (tertiary/aromatic N) is 3. The summed E-state index contributed by atoms with van der Waals surface area (Å²) in [6.07, 6.45) is 0. The fourth-order valence-electron chi connectivity index (χ4n) is 1.78. The van der Waals surface area contributed by atoms with Crippen molar-refractivity contribution < 1.29 is 0 Å². The van der Waals surface area contributed by atoms with Gasteiger partial charge in [0, 0.05) is 14.1 Å². The van der Waals surface area contributed by atoms with E-state index in [0.29, 0.717) is 5.65 Å². The molecule has 3 heterocycles. The van der Waals surface area contributed by atoms with Gasteiger partial charge in [-0.3, -0.25) is 0 Å². The largest absolute Gasteiger partial charge is 0.390 e. The highest BCUT2D eigenvalue weighted by Crippen LogP contribution is 2.29. The number of H-pyrrole nitrogens is 1. The number of rotatable bonds is 2. The van der Waals surface area contributed by atoms with Crippen molar-refractivity contribution in [2.75, 3.05) is 24.7 Å². The molecule has 0 atom stereocenters. The van der Waals surface area contributed by atoms with Crippen LogP contribution in [0.25, 0.3) is 22.6 Å². The number of nitrogens with one attached hydrogen (secondary N) is 1. The normalized spacial score (nSPS) is 11.0. The van der Waals surface area contributed by atoms with Gasteiger partial charge in [0.15, 0.2) is 5.65 Å². The van der Waals surface area contributed by atoms with Crippen LogP contribution in [0, 0.1) is 0 Å². The second kappa shape index (κ2) is 3.99. The summed E-state index contributed by atoms with van der Waals surface area (Å²) in [6.45, 7) is 0. The molecule has 92 valence electrons. The Labute approximate surface area is 108 Å². The van der Waals surface area contributed by atoms with Gasteiger partial charge < -0.3 is 15.6 Å². The highest BCUT2D eigenvalue weighted by atomic mass is 32.1. The maximum atomic E-state index is 5.90. The van der Waals surface area contributed by atoms with Crippen molar-refractivity contribution in [2.24, 2.45) is 0 Å². The third-order valence-corrected chi connectivity index (χ3v) is 3.49. The number of thiophene rings is 1. The van der Waals surface area contributed by atoms with Crippen LogP contribution in [0.1, 0.15) is 0 Å². The van der Waals surface area contributed by atoms with E-state index in [1.807, 2.05) is 42.6 Å². The SMILES string of the molecule is CN(C)c1ccc2[nH]c(-c3ccsc3N)nc2n1. The molecule has 0 aliphatic carbocycles. The van der Waals surface area contributed by atoms with Gasteiger partial charge in [0.2, 0.25) is 0 Å². The van der Waals surface area contributed by atoms with E-state index in [4.69, 9.17) is 5.73 Å². The molecule has 3 aromatic rings. The Hall–Kier alpha value is -2.08. The Kier molecular flexibility index (Phi) is 2.45. The van der Waals surface area contributed by atoms with E-state index in [0.717, 1.165) is 27.7 Å². The Balaban J connectivity index is 2.14. The van der Waals surface area contributed by atoms with Crippen LogP contribution < -0.4 is 10.6 Å². The number of hydrogen-bond donors (Lipinski definition) is 2. The fraction of sp³-hybridized carbons (Fsp3) is 0.167. The number of nitrogens with two attached hydrogens (primary N) is 1. The highest BCUT2D eigenvalue weighted by molar-refractivity contribution is 7.14. The average molecular weight is 259 g/mol. The summed E-state index contributed by atoms with van der Waals surface area (Å²) < 4.78 is 0. The lowest BCUT2D eigenvalue weighted by atomic mass is 10.3. The maximum Gasteiger partial charge on any atom is 0.180 e. The van der Waals surface area contributed by atoms with Gasteiger partial charge in [-0.05, 0) is 23.6 Å². The number of anilines is 2.